The smallest absolute Gasteiger partial charge is 0.296 e. The molecule has 5 rings (SSSR count). The van der Waals surface area contributed by atoms with Crippen molar-refractivity contribution >= 4 is 28.8 Å². The standard InChI is InChI=1S/C24H20N2O4S/c1-14-11-16-12-15(7-8-18(16)30-14)22(27)20-21(19-6-4-10-31-19)26(24(29)23(20)28)13-17-5-2-3-9-25-17/h2-10,12,14,21,27H,11,13H2,1H3/b22-20-. The van der Waals surface area contributed by atoms with Gasteiger partial charge < -0.3 is 14.7 Å². The maximum absolute atomic E-state index is 13.1. The van der Waals surface area contributed by atoms with Gasteiger partial charge in [0.1, 0.15) is 23.7 Å². The van der Waals surface area contributed by atoms with E-state index in [9.17, 15) is 14.7 Å². The minimum atomic E-state index is -0.683. The van der Waals surface area contributed by atoms with Gasteiger partial charge in [-0.2, -0.15) is 0 Å². The molecule has 1 aromatic carbocycles. The van der Waals surface area contributed by atoms with Crippen LogP contribution in [0, 0.1) is 0 Å². The van der Waals surface area contributed by atoms with Crippen LogP contribution in [-0.4, -0.2) is 32.8 Å². The molecule has 3 aromatic rings. The van der Waals surface area contributed by atoms with Gasteiger partial charge >= 0.3 is 0 Å². The topological polar surface area (TPSA) is 79.7 Å². The number of pyridine rings is 1. The van der Waals surface area contributed by atoms with Crippen molar-refractivity contribution < 1.29 is 19.4 Å². The fourth-order valence-corrected chi connectivity index (χ4v) is 5.02. The number of nitrogens with zero attached hydrogens (tertiary/aromatic N) is 2. The number of ketones is 1. The Kier molecular flexibility index (Phi) is 4.82. The van der Waals surface area contributed by atoms with Gasteiger partial charge in [-0.15, -0.1) is 11.3 Å². The van der Waals surface area contributed by atoms with E-state index in [1.54, 1.807) is 24.4 Å². The van der Waals surface area contributed by atoms with E-state index in [4.69, 9.17) is 4.74 Å². The van der Waals surface area contributed by atoms with Gasteiger partial charge in [0.2, 0.25) is 0 Å². The van der Waals surface area contributed by atoms with Crippen molar-refractivity contribution in [3.8, 4) is 5.75 Å². The van der Waals surface area contributed by atoms with Gasteiger partial charge in [-0.05, 0) is 54.3 Å². The van der Waals surface area contributed by atoms with Crippen LogP contribution in [0.2, 0.25) is 0 Å². The Bertz CT molecular complexity index is 1190. The molecule has 1 N–H and O–H groups in total. The lowest BCUT2D eigenvalue weighted by Crippen LogP contribution is -2.29. The first kappa shape index (κ1) is 19.5. The van der Waals surface area contributed by atoms with Crippen LogP contribution in [0.1, 0.15) is 34.7 Å². The zero-order chi connectivity index (χ0) is 21.5. The average molecular weight is 433 g/mol. The highest BCUT2D eigenvalue weighted by atomic mass is 32.1. The molecule has 2 atom stereocenters. The zero-order valence-electron chi connectivity index (χ0n) is 16.8. The Hall–Kier alpha value is -3.45. The number of aliphatic hydroxyl groups is 1. The van der Waals surface area contributed by atoms with Crippen LogP contribution in [0.4, 0.5) is 0 Å². The van der Waals surface area contributed by atoms with E-state index in [0.29, 0.717) is 11.3 Å². The molecule has 1 amide bonds. The molecule has 0 bridgehead atoms. The number of fused-ring (bicyclic) bond motifs is 1. The molecule has 0 spiro atoms. The van der Waals surface area contributed by atoms with Gasteiger partial charge in [0.15, 0.2) is 0 Å². The molecule has 4 heterocycles. The van der Waals surface area contributed by atoms with Crippen molar-refractivity contribution in [2.75, 3.05) is 0 Å². The highest BCUT2D eigenvalue weighted by Gasteiger charge is 2.46. The maximum Gasteiger partial charge on any atom is 0.296 e. The number of benzene rings is 1. The third-order valence-electron chi connectivity index (χ3n) is 5.58. The van der Waals surface area contributed by atoms with E-state index < -0.39 is 17.7 Å². The molecular formula is C24H20N2O4S. The molecule has 2 unspecified atom stereocenters. The number of hydrogen-bond donors (Lipinski definition) is 1. The number of ether oxygens (including phenoxy) is 1. The van der Waals surface area contributed by atoms with Crippen molar-refractivity contribution in [3.63, 3.8) is 0 Å². The number of aromatic nitrogens is 1. The number of aliphatic hydroxyl groups excluding tert-OH is 1. The SMILES string of the molecule is CC1Cc2cc(/C(O)=C3/C(=O)C(=O)N(Cc4ccccn4)C3c3cccs3)ccc2O1. The minimum absolute atomic E-state index is 0.0717. The van der Waals surface area contributed by atoms with Gasteiger partial charge in [-0.1, -0.05) is 12.1 Å². The predicted octanol–water partition coefficient (Wildman–Crippen LogP) is 4.09. The van der Waals surface area contributed by atoms with Crippen LogP contribution >= 0.6 is 11.3 Å². The lowest BCUT2D eigenvalue weighted by atomic mass is 9.98. The highest BCUT2D eigenvalue weighted by Crippen LogP contribution is 2.42. The number of thiophene rings is 1. The van der Waals surface area contributed by atoms with Crippen LogP contribution in [0.3, 0.4) is 0 Å². The second kappa shape index (κ2) is 7.67. The fourth-order valence-electron chi connectivity index (χ4n) is 4.18. The first-order chi connectivity index (χ1) is 15.0. The summed E-state index contributed by atoms with van der Waals surface area (Å²) in [5, 5.41) is 13.1. The van der Waals surface area contributed by atoms with Crippen LogP contribution in [0.25, 0.3) is 5.76 Å². The molecule has 2 aliphatic heterocycles. The summed E-state index contributed by atoms with van der Waals surface area (Å²) >= 11 is 1.44. The van der Waals surface area contributed by atoms with Crippen LogP contribution < -0.4 is 4.74 Å². The Morgan fingerprint density at radius 3 is 2.84 bits per heavy atom. The van der Waals surface area contributed by atoms with E-state index in [0.717, 1.165) is 22.6 Å². The van der Waals surface area contributed by atoms with Gasteiger partial charge in [0.05, 0.1) is 17.8 Å². The molecule has 31 heavy (non-hydrogen) atoms. The second-order valence-electron chi connectivity index (χ2n) is 7.72. The Balaban J connectivity index is 1.60. The monoisotopic (exact) mass is 432 g/mol. The third kappa shape index (κ3) is 3.41. The van der Waals surface area contributed by atoms with Gasteiger partial charge in [-0.25, -0.2) is 0 Å². The molecular weight excluding hydrogens is 412 g/mol. The summed E-state index contributed by atoms with van der Waals surface area (Å²) in [7, 11) is 0. The Labute approximate surface area is 183 Å². The normalized spacial score (nSPS) is 21.9. The van der Waals surface area contributed by atoms with Crippen molar-refractivity contribution in [2.45, 2.75) is 32.0 Å². The number of amides is 1. The molecule has 0 saturated carbocycles. The van der Waals surface area contributed by atoms with Gasteiger partial charge in [0, 0.05) is 23.1 Å². The van der Waals surface area contributed by atoms with Crippen LogP contribution in [-0.2, 0) is 22.6 Å². The molecule has 156 valence electrons. The molecule has 2 aromatic heterocycles. The summed E-state index contributed by atoms with van der Waals surface area (Å²) < 4.78 is 5.74. The average Bonchev–Trinajstić information content (AvgIpc) is 3.48. The quantitative estimate of drug-likeness (QED) is 0.382. The Morgan fingerprint density at radius 2 is 2.10 bits per heavy atom. The van der Waals surface area contributed by atoms with Gasteiger partial charge in [-0.3, -0.25) is 14.6 Å². The summed E-state index contributed by atoms with van der Waals surface area (Å²) in [6.07, 6.45) is 2.46. The predicted molar refractivity (Wildman–Crippen MR) is 117 cm³/mol. The third-order valence-corrected chi connectivity index (χ3v) is 6.51. The summed E-state index contributed by atoms with van der Waals surface area (Å²) in [5.74, 6) is -0.697. The maximum atomic E-state index is 13.1. The van der Waals surface area contributed by atoms with Crippen molar-refractivity contribution in [1.29, 1.82) is 0 Å². The first-order valence-corrected chi connectivity index (χ1v) is 10.9. The Morgan fingerprint density at radius 1 is 1.23 bits per heavy atom. The molecule has 1 fully saturated rings. The molecule has 6 nitrogen and oxygen atoms in total. The molecule has 7 heteroatoms. The number of carbonyl (C=O) groups is 2. The van der Waals surface area contributed by atoms with Crippen LogP contribution in [0.5, 0.6) is 5.75 Å². The molecule has 0 aliphatic carbocycles. The zero-order valence-corrected chi connectivity index (χ0v) is 17.6. The molecule has 0 radical (unpaired) electrons. The highest BCUT2D eigenvalue weighted by molar-refractivity contribution is 7.10. The first-order valence-electron chi connectivity index (χ1n) is 10.0. The van der Waals surface area contributed by atoms with Gasteiger partial charge in [0.25, 0.3) is 11.7 Å². The van der Waals surface area contributed by atoms with Crippen molar-refractivity contribution in [3.05, 3.63) is 87.4 Å². The van der Waals surface area contributed by atoms with E-state index >= 15 is 0 Å². The van der Waals surface area contributed by atoms with Crippen LogP contribution in [0.15, 0.2) is 65.7 Å². The fraction of sp³-hybridized carbons (Fsp3) is 0.208. The molecule has 2 aliphatic rings. The number of Topliss-reactive ketones (excluding diaryl/α,β-unsaturated/α-hetero) is 1. The lowest BCUT2D eigenvalue weighted by Gasteiger charge is -2.23. The minimum Gasteiger partial charge on any atom is -0.507 e. The number of rotatable bonds is 4. The van der Waals surface area contributed by atoms with Crippen molar-refractivity contribution in [2.24, 2.45) is 0 Å². The number of hydrogen-bond acceptors (Lipinski definition) is 6. The number of likely N-dealkylation sites (tertiary alicyclic amines) is 1. The van der Waals surface area contributed by atoms with E-state index in [1.807, 2.05) is 42.6 Å². The van der Waals surface area contributed by atoms with E-state index in [1.165, 1.54) is 16.2 Å². The summed E-state index contributed by atoms with van der Waals surface area (Å²) in [6.45, 7) is 2.17. The summed E-state index contributed by atoms with van der Waals surface area (Å²) in [4.78, 5) is 32.6. The summed E-state index contributed by atoms with van der Waals surface area (Å²) in [6, 6.07) is 13.9. The lowest BCUT2D eigenvalue weighted by molar-refractivity contribution is -0.140. The van der Waals surface area contributed by atoms with E-state index in [-0.39, 0.29) is 24.0 Å². The largest absolute Gasteiger partial charge is 0.507 e. The van der Waals surface area contributed by atoms with Crippen molar-refractivity contribution in [1.82, 2.24) is 9.88 Å². The molecule has 1 saturated heterocycles. The number of carbonyl (C=O) groups excluding carboxylic acids is 2. The second-order valence-corrected chi connectivity index (χ2v) is 8.70. The summed E-state index contributed by atoms with van der Waals surface area (Å²) in [5.41, 5.74) is 2.27. The van der Waals surface area contributed by atoms with E-state index in [2.05, 4.69) is 4.98 Å².